The number of nitrogens with zero attached hydrogens (tertiary/aromatic N) is 3. The molecule has 16 nitrogen and oxygen atoms in total. The van der Waals surface area contributed by atoms with Crippen LogP contribution < -0.4 is 41.2 Å². The van der Waals surface area contributed by atoms with Gasteiger partial charge in [-0.3, -0.25) is 14.4 Å². The predicted octanol–water partition coefficient (Wildman–Crippen LogP) is 5.96. The van der Waals surface area contributed by atoms with Crippen LogP contribution in [-0.4, -0.2) is 87.6 Å². The van der Waals surface area contributed by atoms with E-state index in [0.29, 0.717) is 45.7 Å². The van der Waals surface area contributed by atoms with Gasteiger partial charge in [0.25, 0.3) is 11.8 Å². The van der Waals surface area contributed by atoms with Gasteiger partial charge in [0.15, 0.2) is 6.23 Å². The van der Waals surface area contributed by atoms with Crippen molar-refractivity contribution in [1.29, 1.82) is 0 Å². The molecule has 16 heteroatoms. The molecule has 0 fully saturated rings. The minimum atomic E-state index is -1.15. The van der Waals surface area contributed by atoms with Crippen LogP contribution in [-0.2, 0) is 14.3 Å². The number of benzene rings is 4. The minimum Gasteiger partial charge on any atom is -0.491 e. The minimum absolute atomic E-state index is 0.0234. The smallest absolute Gasteiger partial charge is 0.336 e. The number of hydrogen-bond donors (Lipinski definition) is 5. The molecule has 0 saturated heterocycles. The van der Waals surface area contributed by atoms with Gasteiger partial charge in [0.2, 0.25) is 5.91 Å². The van der Waals surface area contributed by atoms with Crippen LogP contribution in [0.15, 0.2) is 71.8 Å². The lowest BCUT2D eigenvalue weighted by Gasteiger charge is -2.24. The van der Waals surface area contributed by atoms with E-state index in [2.05, 4.69) is 56.1 Å². The van der Waals surface area contributed by atoms with Crippen LogP contribution in [0.25, 0.3) is 22.1 Å². The zero-order valence-electron chi connectivity index (χ0n) is 37.5. The fourth-order valence-corrected chi connectivity index (χ4v) is 6.88. The zero-order chi connectivity index (χ0) is 46.9. The fourth-order valence-electron chi connectivity index (χ4n) is 6.88. The number of carbonyl (C=O) groups is 4. The van der Waals surface area contributed by atoms with Crippen molar-refractivity contribution in [2.24, 2.45) is 11.0 Å². The maximum Gasteiger partial charge on any atom is 0.336 e. The molecule has 0 spiro atoms. The van der Waals surface area contributed by atoms with Gasteiger partial charge in [-0.25, -0.2) is 4.79 Å². The first-order chi connectivity index (χ1) is 31.3. The maximum atomic E-state index is 13.6. The van der Waals surface area contributed by atoms with E-state index >= 15 is 0 Å². The van der Waals surface area contributed by atoms with Crippen molar-refractivity contribution in [1.82, 2.24) is 16.0 Å². The number of aryl methyl sites for hydroxylation is 2. The third kappa shape index (κ3) is 13.6. The largest absolute Gasteiger partial charge is 0.491 e. The Hall–Kier alpha value is -7.31. The van der Waals surface area contributed by atoms with Crippen LogP contribution in [0.1, 0.15) is 87.4 Å². The molecule has 1 aliphatic rings. The monoisotopic (exact) mass is 885 g/mol. The number of amides is 3. The summed E-state index contributed by atoms with van der Waals surface area (Å²) in [6.45, 7) is 12.8. The molecule has 3 amide bonds. The van der Waals surface area contributed by atoms with Gasteiger partial charge in [0.05, 0.1) is 25.3 Å². The van der Waals surface area contributed by atoms with Crippen LogP contribution in [0.3, 0.4) is 0 Å². The highest BCUT2D eigenvalue weighted by atomic mass is 16.6. The van der Waals surface area contributed by atoms with Crippen molar-refractivity contribution in [3.05, 3.63) is 127 Å². The number of hydrogen-bond acceptors (Lipinski definition) is 10. The normalized spacial score (nSPS) is 12.0. The van der Waals surface area contributed by atoms with Crippen molar-refractivity contribution in [2.75, 3.05) is 57.9 Å². The summed E-state index contributed by atoms with van der Waals surface area (Å²) in [7, 11) is 0. The molecular formula is C49H55N7O9. The summed E-state index contributed by atoms with van der Waals surface area (Å²) in [6.07, 6.45) is 1.92. The molecular weight excluding hydrogens is 831 g/mol. The summed E-state index contributed by atoms with van der Waals surface area (Å²) in [5, 5.41) is 27.3. The lowest BCUT2D eigenvalue weighted by molar-refractivity contribution is -0.126. The molecule has 0 aliphatic carbocycles. The molecule has 1 atom stereocenters. The molecule has 0 bridgehead atoms. The van der Waals surface area contributed by atoms with Gasteiger partial charge in [0.1, 0.15) is 30.5 Å². The number of anilines is 1. The van der Waals surface area contributed by atoms with E-state index in [1.807, 2.05) is 58.9 Å². The number of aromatic carboxylic acids is 1. The van der Waals surface area contributed by atoms with Gasteiger partial charge in [-0.1, -0.05) is 49.9 Å². The van der Waals surface area contributed by atoms with Gasteiger partial charge in [-0.15, -0.1) is 0 Å². The Labute approximate surface area is 378 Å². The highest BCUT2D eigenvalue weighted by molar-refractivity contribution is 6.02. The SMILES string of the molecule is CC/C=c1/cc2c(cc1C)=C(c1cc(C(=O)NCCNC(=O)c3cccc(OCC(N=[N+]=[N-])OCCOCC(=O)NCC#CC(C)C)c3)ccc1C(=O)O)c1cc(C)c(NCC)cc1O2. The van der Waals surface area contributed by atoms with Crippen molar-refractivity contribution in [2.45, 2.75) is 54.2 Å². The predicted molar refractivity (Wildman–Crippen MR) is 248 cm³/mol. The Morgan fingerprint density at radius 2 is 1.65 bits per heavy atom. The number of ether oxygens (including phenoxy) is 4. The van der Waals surface area contributed by atoms with Gasteiger partial charge < -0.3 is 45.3 Å². The summed E-state index contributed by atoms with van der Waals surface area (Å²) in [4.78, 5) is 54.1. The molecule has 4 aromatic rings. The molecule has 0 saturated carbocycles. The Morgan fingerprint density at radius 3 is 2.34 bits per heavy atom. The summed E-state index contributed by atoms with van der Waals surface area (Å²) in [6, 6.07) is 18.7. The van der Waals surface area contributed by atoms with Gasteiger partial charge in [0, 0.05) is 69.7 Å². The highest BCUT2D eigenvalue weighted by Gasteiger charge is 2.26. The molecule has 0 aromatic heterocycles. The maximum absolute atomic E-state index is 13.6. The van der Waals surface area contributed by atoms with E-state index < -0.39 is 24.0 Å². The molecule has 1 unspecified atom stereocenters. The molecule has 1 aliphatic heterocycles. The first-order valence-corrected chi connectivity index (χ1v) is 21.4. The number of carboxylic acids is 1. The zero-order valence-corrected chi connectivity index (χ0v) is 37.5. The number of carboxylic acid groups (broad SMARTS) is 1. The van der Waals surface area contributed by atoms with Gasteiger partial charge in [-0.2, -0.15) is 0 Å². The molecule has 340 valence electrons. The third-order valence-corrected chi connectivity index (χ3v) is 9.93. The molecule has 65 heavy (non-hydrogen) atoms. The van der Waals surface area contributed by atoms with Crippen LogP contribution >= 0.6 is 0 Å². The van der Waals surface area contributed by atoms with Gasteiger partial charge in [-0.05, 0) is 109 Å². The Morgan fingerprint density at radius 1 is 0.892 bits per heavy atom. The van der Waals surface area contributed by atoms with Crippen molar-refractivity contribution >= 4 is 41.0 Å². The number of carbonyl (C=O) groups excluding carboxylic acids is 3. The van der Waals surface area contributed by atoms with E-state index in [0.717, 1.165) is 28.5 Å². The third-order valence-electron chi connectivity index (χ3n) is 9.93. The standard InChI is InChI=1S/C49H55N7O9/c1-7-11-33-26-42-39(22-31(33)5)46(40-23-32(6)41(51-8-2)27-43(40)65-42)38-25-35(15-16-37(38)49(60)61)48(59)54-19-18-53-47(58)34-13-9-14-36(24-34)64-29-45(55-56-50)63-21-20-62-28-44(57)52-17-10-12-30(3)4/h9,11,13-16,22-27,30,45,51H,7-8,17-21,28-29H2,1-6H3,(H,52,57)(H,53,58)(H,54,59)(H,60,61)/b33-11-. The van der Waals surface area contributed by atoms with Crippen LogP contribution in [0, 0.1) is 31.6 Å². The molecule has 5 N–H and O–H groups in total. The molecule has 4 aromatic carbocycles. The highest BCUT2D eigenvalue weighted by Crippen LogP contribution is 2.40. The summed E-state index contributed by atoms with van der Waals surface area (Å²) >= 11 is 0. The molecule has 1 heterocycles. The summed E-state index contributed by atoms with van der Waals surface area (Å²) in [5.41, 5.74) is 14.1. The second-order valence-electron chi connectivity index (χ2n) is 15.2. The van der Waals surface area contributed by atoms with Crippen LogP contribution in [0.5, 0.6) is 17.2 Å². The van der Waals surface area contributed by atoms with Gasteiger partial charge >= 0.3 is 5.97 Å². The Kier molecular flexibility index (Phi) is 17.9. The van der Waals surface area contributed by atoms with Crippen molar-refractivity contribution in [3.8, 4) is 29.1 Å². The van der Waals surface area contributed by atoms with Crippen LogP contribution in [0.4, 0.5) is 5.69 Å². The summed E-state index contributed by atoms with van der Waals surface area (Å²) < 4.78 is 23.1. The van der Waals surface area contributed by atoms with Crippen molar-refractivity contribution in [3.63, 3.8) is 0 Å². The lowest BCUT2D eigenvalue weighted by Crippen LogP contribution is -2.34. The average molecular weight is 886 g/mol. The number of rotatable bonds is 21. The lowest BCUT2D eigenvalue weighted by atomic mass is 9.87. The first-order valence-electron chi connectivity index (χ1n) is 21.4. The average Bonchev–Trinajstić information content (AvgIpc) is 3.28. The van der Waals surface area contributed by atoms with E-state index in [1.165, 1.54) is 18.2 Å². The Bertz CT molecular complexity index is 2650. The van der Waals surface area contributed by atoms with Crippen LogP contribution in [0.2, 0.25) is 0 Å². The number of fused-ring (bicyclic) bond motifs is 2. The van der Waals surface area contributed by atoms with E-state index in [-0.39, 0.29) is 74.6 Å². The molecule has 5 rings (SSSR count). The first kappa shape index (κ1) is 48.7. The van der Waals surface area contributed by atoms with Crippen molar-refractivity contribution < 1.29 is 43.2 Å². The second-order valence-corrected chi connectivity index (χ2v) is 15.2. The number of nitrogens with one attached hydrogen (secondary N) is 4. The van der Waals surface area contributed by atoms with E-state index in [1.54, 1.807) is 24.3 Å². The number of azide groups is 1. The van der Waals surface area contributed by atoms with E-state index in [4.69, 9.17) is 24.5 Å². The van der Waals surface area contributed by atoms with E-state index in [9.17, 15) is 24.3 Å². The summed E-state index contributed by atoms with van der Waals surface area (Å²) in [5.74, 6) is 5.12. The Balaban J connectivity index is 1.21. The second kappa shape index (κ2) is 23.9. The fraction of sp³-hybridized carbons (Fsp3) is 0.347. The topological polar surface area (TPSA) is 222 Å². The molecule has 0 radical (unpaired) electrons. The quantitative estimate of drug-likeness (QED) is 0.0191.